The molecule has 0 bridgehead atoms. The molecule has 7 nitrogen and oxygen atoms in total. The lowest BCUT2D eigenvalue weighted by molar-refractivity contribution is 0.174. The Balaban J connectivity index is 1.48. The van der Waals surface area contributed by atoms with E-state index < -0.39 is 0 Å². The molecule has 2 N–H and O–H groups in total. The summed E-state index contributed by atoms with van der Waals surface area (Å²) >= 11 is 6.26. The van der Waals surface area contributed by atoms with E-state index in [0.29, 0.717) is 27.8 Å². The Morgan fingerprint density at radius 2 is 1.77 bits per heavy atom. The number of benzene rings is 3. The van der Waals surface area contributed by atoms with Crippen molar-refractivity contribution in [3.05, 3.63) is 98.3 Å². The summed E-state index contributed by atoms with van der Waals surface area (Å²) in [4.78, 5) is 30.8. The highest BCUT2D eigenvalue weighted by Gasteiger charge is 2.20. The number of nitrogens with one attached hydrogen (secondary N) is 2. The number of ether oxygens (including phenoxy) is 2. The number of rotatable bonds is 5. The molecule has 1 aliphatic heterocycles. The van der Waals surface area contributed by atoms with E-state index in [0.717, 1.165) is 27.6 Å². The van der Waals surface area contributed by atoms with Crippen molar-refractivity contribution in [1.82, 2.24) is 9.88 Å². The minimum atomic E-state index is -0.379. The van der Waals surface area contributed by atoms with E-state index in [2.05, 4.69) is 10.3 Å². The predicted molar refractivity (Wildman–Crippen MR) is 136 cm³/mol. The van der Waals surface area contributed by atoms with Crippen LogP contribution in [0.15, 0.2) is 65.5 Å². The van der Waals surface area contributed by atoms with Gasteiger partial charge in [0.2, 0.25) is 6.79 Å². The minimum absolute atomic E-state index is 0.100. The average molecular weight is 490 g/mol. The highest BCUT2D eigenvalue weighted by atomic mass is 35.5. The molecule has 3 aromatic carbocycles. The highest BCUT2D eigenvalue weighted by molar-refractivity contribution is 6.33. The lowest BCUT2D eigenvalue weighted by atomic mass is 10.0. The Kier molecular flexibility index (Phi) is 6.09. The summed E-state index contributed by atoms with van der Waals surface area (Å²) in [5.41, 5.74) is 4.58. The van der Waals surface area contributed by atoms with E-state index in [9.17, 15) is 9.59 Å². The molecular formula is C27H24ClN3O4. The second-order valence-corrected chi connectivity index (χ2v) is 9.01. The highest BCUT2D eigenvalue weighted by Crippen LogP contribution is 2.33. The molecular weight excluding hydrogens is 466 g/mol. The Labute approximate surface area is 207 Å². The van der Waals surface area contributed by atoms with Crippen molar-refractivity contribution in [3.63, 3.8) is 0 Å². The van der Waals surface area contributed by atoms with Crippen molar-refractivity contribution < 1.29 is 14.3 Å². The number of carbonyl (C=O) groups excluding carboxylic acids is 1. The van der Waals surface area contributed by atoms with Crippen LogP contribution in [0.2, 0.25) is 5.02 Å². The van der Waals surface area contributed by atoms with Gasteiger partial charge in [0.15, 0.2) is 11.5 Å². The number of nitrogens with zero attached hydrogens (tertiary/aromatic N) is 1. The number of pyridine rings is 1. The van der Waals surface area contributed by atoms with Gasteiger partial charge in [0, 0.05) is 17.6 Å². The first-order valence-corrected chi connectivity index (χ1v) is 11.6. The topological polar surface area (TPSA) is 83.7 Å². The van der Waals surface area contributed by atoms with Crippen molar-refractivity contribution in [1.29, 1.82) is 0 Å². The molecule has 35 heavy (non-hydrogen) atoms. The van der Waals surface area contributed by atoms with Crippen molar-refractivity contribution in [2.75, 3.05) is 12.1 Å². The van der Waals surface area contributed by atoms with Crippen LogP contribution < -0.4 is 20.3 Å². The van der Waals surface area contributed by atoms with Crippen LogP contribution in [0.25, 0.3) is 10.9 Å². The molecule has 5 rings (SSSR count). The van der Waals surface area contributed by atoms with Gasteiger partial charge in [0.05, 0.1) is 17.3 Å². The van der Waals surface area contributed by atoms with Gasteiger partial charge in [-0.15, -0.1) is 0 Å². The monoisotopic (exact) mass is 489 g/mol. The van der Waals surface area contributed by atoms with Crippen molar-refractivity contribution in [2.24, 2.45) is 0 Å². The second-order valence-electron chi connectivity index (χ2n) is 8.60. The van der Waals surface area contributed by atoms with E-state index in [4.69, 9.17) is 21.1 Å². The number of urea groups is 1. The lowest BCUT2D eigenvalue weighted by Crippen LogP contribution is -2.35. The van der Waals surface area contributed by atoms with Gasteiger partial charge in [-0.25, -0.2) is 4.79 Å². The molecule has 0 radical (unpaired) electrons. The molecule has 0 aliphatic carbocycles. The predicted octanol–water partition coefficient (Wildman–Crippen LogP) is 5.76. The molecule has 2 amide bonds. The SMILES string of the molecule is Cc1cc2cc(CN(Cc3ccc4c(c3)OCO4)C(=O)Nc3ccccc3Cl)c(=O)[nH]c2cc1C. The van der Waals surface area contributed by atoms with Gasteiger partial charge >= 0.3 is 6.03 Å². The third-order valence-corrected chi connectivity index (χ3v) is 6.44. The first-order chi connectivity index (χ1) is 16.9. The summed E-state index contributed by atoms with van der Waals surface area (Å²) in [6.07, 6.45) is 0. The van der Waals surface area contributed by atoms with Gasteiger partial charge in [0.25, 0.3) is 5.56 Å². The zero-order valence-electron chi connectivity index (χ0n) is 19.4. The lowest BCUT2D eigenvalue weighted by Gasteiger charge is -2.24. The molecule has 1 aliphatic rings. The maximum atomic E-state index is 13.4. The number of anilines is 1. The fourth-order valence-electron chi connectivity index (χ4n) is 4.06. The molecule has 8 heteroatoms. The molecule has 4 aromatic rings. The summed E-state index contributed by atoms with van der Waals surface area (Å²) in [7, 11) is 0. The fourth-order valence-corrected chi connectivity index (χ4v) is 4.24. The van der Waals surface area contributed by atoms with Crippen LogP contribution in [0.4, 0.5) is 10.5 Å². The number of carbonyl (C=O) groups is 1. The Hall–Kier alpha value is -3.97. The minimum Gasteiger partial charge on any atom is -0.454 e. The normalized spacial score (nSPS) is 12.1. The zero-order chi connectivity index (χ0) is 24.5. The third kappa shape index (κ3) is 4.81. The van der Waals surface area contributed by atoms with Crippen LogP contribution in [-0.2, 0) is 13.1 Å². The number of H-pyrrole nitrogens is 1. The Morgan fingerprint density at radius 3 is 2.60 bits per heavy atom. The first-order valence-electron chi connectivity index (χ1n) is 11.2. The Bertz CT molecular complexity index is 1500. The standard InChI is InChI=1S/C27H24ClN3O4/c1-16-9-19-12-20(26(32)29-23(19)10-17(16)2)14-31(27(33)30-22-6-4-3-5-21(22)28)13-18-7-8-24-25(11-18)35-15-34-24/h3-12H,13-15H2,1-2H3,(H,29,32)(H,30,33). The number of amides is 2. The third-order valence-electron chi connectivity index (χ3n) is 6.11. The number of hydrogen-bond donors (Lipinski definition) is 2. The van der Waals surface area contributed by atoms with E-state index in [-0.39, 0.29) is 31.5 Å². The summed E-state index contributed by atoms with van der Waals surface area (Å²) < 4.78 is 10.9. The summed E-state index contributed by atoms with van der Waals surface area (Å²) in [5.74, 6) is 1.29. The van der Waals surface area contributed by atoms with Crippen LogP contribution in [0.5, 0.6) is 11.5 Å². The molecule has 0 unspecified atom stereocenters. The Morgan fingerprint density at radius 1 is 1.00 bits per heavy atom. The molecule has 0 atom stereocenters. The van der Waals surface area contributed by atoms with Gasteiger partial charge in [-0.05, 0) is 78.4 Å². The number of aromatic nitrogens is 1. The first kappa shape index (κ1) is 22.8. The van der Waals surface area contributed by atoms with E-state index in [1.807, 2.05) is 50.2 Å². The second kappa shape index (κ2) is 9.35. The van der Waals surface area contributed by atoms with Gasteiger partial charge in [-0.2, -0.15) is 0 Å². The maximum absolute atomic E-state index is 13.4. The van der Waals surface area contributed by atoms with Crippen LogP contribution >= 0.6 is 11.6 Å². The average Bonchev–Trinajstić information content (AvgIpc) is 3.30. The van der Waals surface area contributed by atoms with Gasteiger partial charge in [-0.3, -0.25) is 4.79 Å². The molecule has 0 fully saturated rings. The largest absolute Gasteiger partial charge is 0.454 e. The number of halogens is 1. The van der Waals surface area contributed by atoms with Crippen LogP contribution in [-0.4, -0.2) is 22.7 Å². The fraction of sp³-hybridized carbons (Fsp3) is 0.185. The smallest absolute Gasteiger partial charge is 0.322 e. The molecule has 1 aromatic heterocycles. The van der Waals surface area contributed by atoms with E-state index in [1.54, 1.807) is 29.2 Å². The molecule has 0 saturated heterocycles. The number of aryl methyl sites for hydroxylation is 2. The van der Waals surface area contributed by atoms with Crippen molar-refractivity contribution in [2.45, 2.75) is 26.9 Å². The zero-order valence-corrected chi connectivity index (χ0v) is 20.1. The van der Waals surface area contributed by atoms with Crippen molar-refractivity contribution in [3.8, 4) is 11.5 Å². The van der Waals surface area contributed by atoms with Crippen molar-refractivity contribution >= 4 is 34.2 Å². The number of hydrogen-bond acceptors (Lipinski definition) is 4. The van der Waals surface area contributed by atoms with Gasteiger partial charge in [0.1, 0.15) is 0 Å². The number of fused-ring (bicyclic) bond motifs is 2. The molecule has 2 heterocycles. The van der Waals surface area contributed by atoms with Gasteiger partial charge in [-0.1, -0.05) is 29.8 Å². The maximum Gasteiger partial charge on any atom is 0.322 e. The van der Waals surface area contributed by atoms with E-state index in [1.165, 1.54) is 0 Å². The number of aromatic amines is 1. The molecule has 0 spiro atoms. The summed E-state index contributed by atoms with van der Waals surface area (Å²) in [6.45, 7) is 4.55. The van der Waals surface area contributed by atoms with Crippen LogP contribution in [0, 0.1) is 13.8 Å². The van der Waals surface area contributed by atoms with Crippen LogP contribution in [0.1, 0.15) is 22.3 Å². The quantitative estimate of drug-likeness (QED) is 0.373. The van der Waals surface area contributed by atoms with E-state index >= 15 is 0 Å². The van der Waals surface area contributed by atoms with Gasteiger partial charge < -0.3 is 24.7 Å². The summed E-state index contributed by atoms with van der Waals surface area (Å²) in [5, 5.41) is 4.21. The molecule has 0 saturated carbocycles. The molecule has 178 valence electrons. The van der Waals surface area contributed by atoms with Crippen LogP contribution in [0.3, 0.4) is 0 Å². The summed E-state index contributed by atoms with van der Waals surface area (Å²) in [6, 6.07) is 18.0. The number of para-hydroxylation sites is 1.